The number of hydrogen-bond donors (Lipinski definition) is 0. The third kappa shape index (κ3) is 3.18. The van der Waals surface area contributed by atoms with Gasteiger partial charge in [-0.25, -0.2) is 4.79 Å². The second-order valence-electron chi connectivity index (χ2n) is 7.70. The molecule has 1 saturated carbocycles. The number of piperidine rings is 1. The van der Waals surface area contributed by atoms with E-state index in [1.807, 2.05) is 4.90 Å². The maximum atomic E-state index is 12.8. The number of rotatable bonds is 4. The van der Waals surface area contributed by atoms with E-state index in [9.17, 15) is 9.59 Å². The van der Waals surface area contributed by atoms with Crippen LogP contribution in [0.3, 0.4) is 0 Å². The van der Waals surface area contributed by atoms with Crippen LogP contribution in [0, 0.1) is 17.3 Å². The van der Waals surface area contributed by atoms with Crippen LogP contribution in [0.4, 0.5) is 4.79 Å². The molecule has 6 heteroatoms. The van der Waals surface area contributed by atoms with Gasteiger partial charge in [0.1, 0.15) is 0 Å². The first-order valence-corrected chi connectivity index (χ1v) is 8.71. The summed E-state index contributed by atoms with van der Waals surface area (Å²) < 4.78 is 5.37. The summed E-state index contributed by atoms with van der Waals surface area (Å²) in [6.07, 6.45) is 4.31. The number of amides is 3. The lowest BCUT2D eigenvalue weighted by Gasteiger charge is -2.42. The molecule has 130 valence electrons. The van der Waals surface area contributed by atoms with Crippen molar-refractivity contribution >= 4 is 11.9 Å². The van der Waals surface area contributed by atoms with Crippen LogP contribution in [0.15, 0.2) is 0 Å². The van der Waals surface area contributed by atoms with E-state index in [4.69, 9.17) is 4.74 Å². The smallest absolute Gasteiger partial charge is 0.319 e. The van der Waals surface area contributed by atoms with Crippen molar-refractivity contribution in [1.29, 1.82) is 0 Å². The Balaban J connectivity index is 1.69. The van der Waals surface area contributed by atoms with Crippen LogP contribution in [0.1, 0.15) is 25.7 Å². The minimum atomic E-state index is -0.0390. The molecule has 3 fully saturated rings. The zero-order chi connectivity index (χ0) is 16.6. The predicted octanol–water partition coefficient (Wildman–Crippen LogP) is 1.26. The Kier molecular flexibility index (Phi) is 4.54. The van der Waals surface area contributed by atoms with Crippen LogP contribution in [0.25, 0.3) is 0 Å². The maximum absolute atomic E-state index is 12.8. The Morgan fingerprint density at radius 3 is 2.48 bits per heavy atom. The van der Waals surface area contributed by atoms with Gasteiger partial charge in [-0.2, -0.15) is 0 Å². The van der Waals surface area contributed by atoms with E-state index in [2.05, 4.69) is 4.90 Å². The van der Waals surface area contributed by atoms with Crippen LogP contribution in [-0.4, -0.2) is 80.6 Å². The second kappa shape index (κ2) is 6.30. The quantitative estimate of drug-likeness (QED) is 0.783. The fourth-order valence-electron chi connectivity index (χ4n) is 4.16. The molecule has 0 radical (unpaired) electrons. The number of ether oxygens (including phenoxy) is 1. The molecular formula is C17H29N3O3. The molecule has 1 atom stereocenters. The molecule has 0 bridgehead atoms. The summed E-state index contributed by atoms with van der Waals surface area (Å²) in [5.74, 6) is 0.946. The molecule has 0 aromatic carbocycles. The average Bonchev–Trinajstić information content (AvgIpc) is 3.31. The first-order valence-electron chi connectivity index (χ1n) is 8.71. The van der Waals surface area contributed by atoms with Gasteiger partial charge in [-0.15, -0.1) is 0 Å². The highest BCUT2D eigenvalue weighted by atomic mass is 16.5. The summed E-state index contributed by atoms with van der Waals surface area (Å²) in [6.45, 7) is 3.74. The molecule has 0 N–H and O–H groups in total. The van der Waals surface area contributed by atoms with Gasteiger partial charge < -0.3 is 19.4 Å². The highest BCUT2D eigenvalue weighted by Gasteiger charge is 2.53. The molecule has 2 heterocycles. The first-order chi connectivity index (χ1) is 11.0. The van der Waals surface area contributed by atoms with E-state index in [1.54, 1.807) is 26.1 Å². The monoisotopic (exact) mass is 323 g/mol. The van der Waals surface area contributed by atoms with Gasteiger partial charge in [-0.05, 0) is 31.6 Å². The Bertz CT molecular complexity index is 468. The van der Waals surface area contributed by atoms with E-state index in [0.717, 1.165) is 39.0 Å². The lowest BCUT2D eigenvalue weighted by atomic mass is 9.71. The van der Waals surface area contributed by atoms with E-state index < -0.39 is 0 Å². The number of nitrogens with zero attached hydrogens (tertiary/aromatic N) is 3. The minimum Gasteiger partial charge on any atom is -0.384 e. The molecule has 2 saturated heterocycles. The molecule has 0 aromatic heterocycles. The Morgan fingerprint density at radius 1 is 1.30 bits per heavy atom. The molecule has 6 nitrogen and oxygen atoms in total. The molecule has 0 unspecified atom stereocenters. The van der Waals surface area contributed by atoms with Crippen molar-refractivity contribution in [2.45, 2.75) is 25.7 Å². The van der Waals surface area contributed by atoms with Crippen molar-refractivity contribution < 1.29 is 14.3 Å². The number of urea groups is 1. The van der Waals surface area contributed by atoms with Gasteiger partial charge in [0, 0.05) is 52.8 Å². The third-order valence-corrected chi connectivity index (χ3v) is 5.78. The van der Waals surface area contributed by atoms with Gasteiger partial charge in [0.2, 0.25) is 5.91 Å². The minimum absolute atomic E-state index is 0.00885. The second-order valence-corrected chi connectivity index (χ2v) is 7.70. The van der Waals surface area contributed by atoms with Crippen molar-refractivity contribution in [2.75, 3.05) is 54.0 Å². The van der Waals surface area contributed by atoms with E-state index in [-0.39, 0.29) is 23.3 Å². The van der Waals surface area contributed by atoms with Crippen LogP contribution in [-0.2, 0) is 9.53 Å². The maximum Gasteiger partial charge on any atom is 0.319 e. The largest absolute Gasteiger partial charge is 0.384 e. The van der Waals surface area contributed by atoms with Crippen molar-refractivity contribution in [3.63, 3.8) is 0 Å². The van der Waals surface area contributed by atoms with Gasteiger partial charge in [0.15, 0.2) is 0 Å². The van der Waals surface area contributed by atoms with Crippen molar-refractivity contribution in [3.05, 3.63) is 0 Å². The van der Waals surface area contributed by atoms with Gasteiger partial charge in [-0.3, -0.25) is 4.79 Å². The summed E-state index contributed by atoms with van der Waals surface area (Å²) >= 11 is 0. The van der Waals surface area contributed by atoms with Gasteiger partial charge in [0.05, 0.1) is 12.5 Å². The molecule has 3 aliphatic rings. The molecule has 1 spiro atoms. The Morgan fingerprint density at radius 2 is 1.96 bits per heavy atom. The van der Waals surface area contributed by atoms with Gasteiger partial charge in [-0.1, -0.05) is 0 Å². The summed E-state index contributed by atoms with van der Waals surface area (Å²) in [4.78, 5) is 30.6. The van der Waals surface area contributed by atoms with Crippen LogP contribution in [0.5, 0.6) is 0 Å². The van der Waals surface area contributed by atoms with Gasteiger partial charge in [0.25, 0.3) is 0 Å². The van der Waals surface area contributed by atoms with E-state index in [0.29, 0.717) is 12.5 Å². The summed E-state index contributed by atoms with van der Waals surface area (Å²) in [7, 11) is 5.25. The summed E-state index contributed by atoms with van der Waals surface area (Å²) in [5.41, 5.74) is -0.00885. The van der Waals surface area contributed by atoms with E-state index in [1.165, 1.54) is 12.8 Å². The lowest BCUT2D eigenvalue weighted by Crippen LogP contribution is -2.49. The van der Waals surface area contributed by atoms with Crippen molar-refractivity contribution in [2.24, 2.45) is 17.3 Å². The van der Waals surface area contributed by atoms with Crippen LogP contribution in [0.2, 0.25) is 0 Å². The fraction of sp³-hybridized carbons (Fsp3) is 0.882. The van der Waals surface area contributed by atoms with E-state index >= 15 is 0 Å². The highest BCUT2D eigenvalue weighted by molar-refractivity contribution is 5.82. The lowest BCUT2D eigenvalue weighted by molar-refractivity contribution is -0.133. The highest BCUT2D eigenvalue weighted by Crippen LogP contribution is 2.46. The van der Waals surface area contributed by atoms with Crippen molar-refractivity contribution in [1.82, 2.24) is 14.7 Å². The third-order valence-electron chi connectivity index (χ3n) is 5.78. The molecule has 3 amide bonds. The zero-order valence-corrected chi connectivity index (χ0v) is 14.6. The number of likely N-dealkylation sites (tertiary alicyclic amines) is 2. The molecule has 2 aliphatic heterocycles. The standard InChI is InChI=1S/C17H29N3O3/c1-18(2)16(22)19-8-6-17(7-9-19)12-20(10-13-4-5-13)15(21)14(17)11-23-3/h13-14H,4-12H2,1-3H3/t14-/m0/s1. The first kappa shape index (κ1) is 16.6. The topological polar surface area (TPSA) is 53.1 Å². The molecule has 0 aromatic rings. The van der Waals surface area contributed by atoms with Crippen LogP contribution < -0.4 is 0 Å². The molecule has 1 aliphatic carbocycles. The summed E-state index contributed by atoms with van der Waals surface area (Å²) in [6, 6.07) is 0.0716. The predicted molar refractivity (Wildman–Crippen MR) is 87.0 cm³/mol. The SMILES string of the molecule is COC[C@H]1C(=O)N(CC2CC2)CC12CCN(C(=O)N(C)C)CC2. The number of carbonyl (C=O) groups is 2. The zero-order valence-electron chi connectivity index (χ0n) is 14.6. The Labute approximate surface area is 138 Å². The Hall–Kier alpha value is -1.30. The number of methoxy groups -OCH3 is 1. The van der Waals surface area contributed by atoms with Crippen molar-refractivity contribution in [3.8, 4) is 0 Å². The van der Waals surface area contributed by atoms with Crippen LogP contribution >= 0.6 is 0 Å². The molecule has 23 heavy (non-hydrogen) atoms. The summed E-state index contributed by atoms with van der Waals surface area (Å²) in [5, 5.41) is 0. The fourth-order valence-corrected chi connectivity index (χ4v) is 4.16. The van der Waals surface area contributed by atoms with Gasteiger partial charge >= 0.3 is 6.03 Å². The molecule has 3 rings (SSSR count). The number of hydrogen-bond acceptors (Lipinski definition) is 3. The number of carbonyl (C=O) groups excluding carboxylic acids is 2. The molecular weight excluding hydrogens is 294 g/mol. The average molecular weight is 323 g/mol. The normalized spacial score (nSPS) is 26.9.